The van der Waals surface area contributed by atoms with Crippen molar-refractivity contribution in [2.45, 2.75) is 45.2 Å². The highest BCUT2D eigenvalue weighted by atomic mass is 16.3. The summed E-state index contributed by atoms with van der Waals surface area (Å²) in [5.41, 5.74) is 3.85. The Morgan fingerprint density at radius 1 is 1.31 bits per heavy atom. The van der Waals surface area contributed by atoms with Crippen LogP contribution < -0.4 is 5.32 Å². The molecule has 146 valence electrons. The first kappa shape index (κ1) is 17.7. The van der Waals surface area contributed by atoms with Gasteiger partial charge in [0.1, 0.15) is 17.9 Å². The van der Waals surface area contributed by atoms with Gasteiger partial charge in [0.15, 0.2) is 0 Å². The molecule has 1 aromatic carbocycles. The maximum atomic E-state index is 13.5. The first-order valence-electron chi connectivity index (χ1n) is 9.81. The fraction of sp³-hybridized carbons (Fsp3) is 0.364. The highest BCUT2D eigenvalue weighted by Gasteiger charge is 2.39. The summed E-state index contributed by atoms with van der Waals surface area (Å²) in [7, 11) is 0. The van der Waals surface area contributed by atoms with Crippen molar-refractivity contribution < 1.29 is 9.21 Å². The number of nitrogens with one attached hydrogen (secondary N) is 1. The predicted octanol–water partition coefficient (Wildman–Crippen LogP) is 3.57. The Morgan fingerprint density at radius 2 is 2.14 bits per heavy atom. The van der Waals surface area contributed by atoms with E-state index in [1.807, 2.05) is 17.0 Å². The number of carbonyl (C=O) groups is 1. The fourth-order valence-corrected chi connectivity index (χ4v) is 3.95. The molecule has 2 aliphatic rings. The van der Waals surface area contributed by atoms with Crippen molar-refractivity contribution in [1.82, 2.24) is 14.9 Å². The van der Waals surface area contributed by atoms with Crippen LogP contribution in [0.1, 0.15) is 52.6 Å². The number of anilines is 1. The number of furan rings is 1. The lowest BCUT2D eigenvalue weighted by Crippen LogP contribution is -2.36. The molecule has 0 unspecified atom stereocenters. The van der Waals surface area contributed by atoms with Crippen molar-refractivity contribution in [3.8, 4) is 6.07 Å². The number of nitriles is 1. The van der Waals surface area contributed by atoms with Crippen LogP contribution in [0.4, 0.5) is 5.82 Å². The summed E-state index contributed by atoms with van der Waals surface area (Å²) < 4.78 is 5.81. The van der Waals surface area contributed by atoms with E-state index in [0.29, 0.717) is 46.9 Å². The summed E-state index contributed by atoms with van der Waals surface area (Å²) in [5.74, 6) is 1.14. The number of amides is 1. The second-order valence-electron chi connectivity index (χ2n) is 8.19. The molecule has 2 aromatic heterocycles. The van der Waals surface area contributed by atoms with Crippen LogP contribution >= 0.6 is 0 Å². The Morgan fingerprint density at radius 3 is 2.90 bits per heavy atom. The van der Waals surface area contributed by atoms with Crippen molar-refractivity contribution in [3.63, 3.8) is 0 Å². The van der Waals surface area contributed by atoms with E-state index >= 15 is 0 Å². The molecule has 3 heterocycles. The summed E-state index contributed by atoms with van der Waals surface area (Å²) >= 11 is 0. The number of carbonyl (C=O) groups excluding carboxylic acids is 1. The molecule has 1 saturated carbocycles. The van der Waals surface area contributed by atoms with Crippen molar-refractivity contribution in [2.24, 2.45) is 0 Å². The molecule has 5 rings (SSSR count). The smallest absolute Gasteiger partial charge is 0.258 e. The number of hydrogen-bond acceptors (Lipinski definition) is 6. The Balaban J connectivity index is 1.51. The molecule has 0 bridgehead atoms. The van der Waals surface area contributed by atoms with Crippen LogP contribution in [0.25, 0.3) is 11.1 Å². The zero-order valence-electron chi connectivity index (χ0n) is 16.5. The van der Waals surface area contributed by atoms with E-state index in [1.54, 1.807) is 13.0 Å². The van der Waals surface area contributed by atoms with Gasteiger partial charge in [-0.25, -0.2) is 9.97 Å². The van der Waals surface area contributed by atoms with Gasteiger partial charge in [-0.1, -0.05) is 6.07 Å². The summed E-state index contributed by atoms with van der Waals surface area (Å²) in [6, 6.07) is 7.84. The molecule has 1 aliphatic carbocycles. The van der Waals surface area contributed by atoms with Gasteiger partial charge in [0, 0.05) is 18.6 Å². The molecular formula is C22H21N5O2. The molecule has 1 amide bonds. The zero-order valence-corrected chi connectivity index (χ0v) is 16.5. The predicted molar refractivity (Wildman–Crippen MR) is 107 cm³/mol. The lowest BCUT2D eigenvalue weighted by Gasteiger charge is -2.29. The minimum Gasteiger partial charge on any atom is -0.442 e. The van der Waals surface area contributed by atoms with Crippen LogP contribution in [0, 0.1) is 18.3 Å². The van der Waals surface area contributed by atoms with E-state index in [-0.39, 0.29) is 11.4 Å². The molecule has 0 saturated heterocycles. The van der Waals surface area contributed by atoms with E-state index in [4.69, 9.17) is 9.68 Å². The zero-order chi connectivity index (χ0) is 20.2. The van der Waals surface area contributed by atoms with Gasteiger partial charge in [-0.3, -0.25) is 4.79 Å². The van der Waals surface area contributed by atoms with E-state index in [9.17, 15) is 4.79 Å². The number of hydrogen-bond donors (Lipinski definition) is 1. The maximum Gasteiger partial charge on any atom is 0.258 e. The number of nitrogens with zero attached hydrogens (tertiary/aromatic N) is 4. The Hall–Kier alpha value is -3.40. The second kappa shape index (κ2) is 6.31. The Bertz CT molecular complexity index is 1190. The topological polar surface area (TPSA) is 95.1 Å². The average molecular weight is 387 g/mol. The van der Waals surface area contributed by atoms with Crippen LogP contribution in [-0.2, 0) is 13.0 Å². The Labute approximate surface area is 168 Å². The number of aryl methyl sites for hydroxylation is 1. The molecule has 1 aliphatic heterocycles. The molecule has 3 aromatic rings. The van der Waals surface area contributed by atoms with Gasteiger partial charge in [0.05, 0.1) is 22.6 Å². The van der Waals surface area contributed by atoms with Gasteiger partial charge in [-0.05, 0) is 56.4 Å². The standard InChI is InChI=1S/C22H21N5O2/c1-13-17(18-19(26-22(2)6-7-22)24-12-25-20(18)29-13)21(28)27-8-5-15-9-14(10-23)3-4-16(15)11-27/h3-4,9,12H,5-8,11H2,1-2H3,(H,24,25,26). The molecule has 29 heavy (non-hydrogen) atoms. The Kier molecular flexibility index (Phi) is 3.85. The van der Waals surface area contributed by atoms with Gasteiger partial charge in [-0.15, -0.1) is 0 Å². The van der Waals surface area contributed by atoms with Gasteiger partial charge in [0.2, 0.25) is 5.71 Å². The minimum absolute atomic E-state index is 0.0231. The van der Waals surface area contributed by atoms with Crippen LogP contribution in [0.2, 0.25) is 0 Å². The van der Waals surface area contributed by atoms with Crippen molar-refractivity contribution in [3.05, 3.63) is 52.5 Å². The molecule has 7 nitrogen and oxygen atoms in total. The molecule has 1 N–H and O–H groups in total. The lowest BCUT2D eigenvalue weighted by molar-refractivity contribution is 0.0734. The van der Waals surface area contributed by atoms with Gasteiger partial charge in [-0.2, -0.15) is 5.26 Å². The molecule has 0 atom stereocenters. The lowest BCUT2D eigenvalue weighted by atomic mass is 9.97. The van der Waals surface area contributed by atoms with E-state index in [0.717, 1.165) is 30.4 Å². The summed E-state index contributed by atoms with van der Waals surface area (Å²) in [6.45, 7) is 5.06. The summed E-state index contributed by atoms with van der Waals surface area (Å²) in [6.07, 6.45) is 4.35. The third kappa shape index (κ3) is 3.01. The molecule has 0 radical (unpaired) electrons. The molecule has 7 heteroatoms. The fourth-order valence-electron chi connectivity index (χ4n) is 3.95. The molecule has 0 spiro atoms. The number of aromatic nitrogens is 2. The SMILES string of the molecule is Cc1oc2ncnc(NC3(C)CC3)c2c1C(=O)N1CCc2cc(C#N)ccc2C1. The summed E-state index contributed by atoms with van der Waals surface area (Å²) in [5, 5.41) is 13.2. The minimum atomic E-state index is -0.0740. The number of fused-ring (bicyclic) bond motifs is 2. The first-order chi connectivity index (χ1) is 14.0. The van der Waals surface area contributed by atoms with Crippen molar-refractivity contribution >= 4 is 22.8 Å². The monoisotopic (exact) mass is 387 g/mol. The number of rotatable bonds is 3. The van der Waals surface area contributed by atoms with E-state index < -0.39 is 0 Å². The summed E-state index contributed by atoms with van der Waals surface area (Å²) in [4.78, 5) is 24.0. The van der Waals surface area contributed by atoms with E-state index in [1.165, 1.54) is 6.33 Å². The number of benzene rings is 1. The van der Waals surface area contributed by atoms with Crippen molar-refractivity contribution in [1.29, 1.82) is 5.26 Å². The van der Waals surface area contributed by atoms with Gasteiger partial charge < -0.3 is 14.6 Å². The van der Waals surface area contributed by atoms with Crippen LogP contribution in [-0.4, -0.2) is 32.9 Å². The molecule has 1 fully saturated rings. The van der Waals surface area contributed by atoms with Gasteiger partial charge >= 0.3 is 0 Å². The van der Waals surface area contributed by atoms with Crippen molar-refractivity contribution in [2.75, 3.05) is 11.9 Å². The maximum absolute atomic E-state index is 13.5. The molecular weight excluding hydrogens is 366 g/mol. The third-order valence-corrected chi connectivity index (χ3v) is 5.93. The average Bonchev–Trinajstić information content (AvgIpc) is 3.34. The highest BCUT2D eigenvalue weighted by Crippen LogP contribution is 2.40. The van der Waals surface area contributed by atoms with Crippen LogP contribution in [0.3, 0.4) is 0 Å². The van der Waals surface area contributed by atoms with E-state index in [2.05, 4.69) is 28.3 Å². The van der Waals surface area contributed by atoms with Gasteiger partial charge in [0.25, 0.3) is 5.91 Å². The van der Waals surface area contributed by atoms with Crippen LogP contribution in [0.15, 0.2) is 28.9 Å². The normalized spacial score (nSPS) is 16.9. The quantitative estimate of drug-likeness (QED) is 0.738. The highest BCUT2D eigenvalue weighted by molar-refractivity contribution is 6.10. The largest absolute Gasteiger partial charge is 0.442 e. The third-order valence-electron chi connectivity index (χ3n) is 5.93. The second-order valence-corrected chi connectivity index (χ2v) is 8.19. The first-order valence-corrected chi connectivity index (χ1v) is 9.81. The van der Waals surface area contributed by atoms with Crippen LogP contribution in [0.5, 0.6) is 0 Å².